The van der Waals surface area contributed by atoms with Crippen molar-refractivity contribution in [3.63, 3.8) is 0 Å². The van der Waals surface area contributed by atoms with E-state index in [9.17, 15) is 0 Å². The van der Waals surface area contributed by atoms with Gasteiger partial charge in [0.25, 0.3) is 0 Å². The molecule has 4 nitrogen and oxygen atoms in total. The predicted octanol–water partition coefficient (Wildman–Crippen LogP) is 2.91. The first-order valence-electron chi connectivity index (χ1n) is 7.04. The summed E-state index contributed by atoms with van der Waals surface area (Å²) in [4.78, 5) is 0. The average molecular weight is 273 g/mol. The van der Waals surface area contributed by atoms with Crippen LogP contribution in [0, 0.1) is 22.7 Å². The third-order valence-corrected chi connectivity index (χ3v) is 4.41. The molecule has 1 saturated heterocycles. The summed E-state index contributed by atoms with van der Waals surface area (Å²) in [7, 11) is 0. The molecule has 3 rings (SSSR count). The van der Waals surface area contributed by atoms with E-state index >= 15 is 0 Å². The van der Waals surface area contributed by atoms with E-state index in [4.69, 9.17) is 19.5 Å². The highest BCUT2D eigenvalue weighted by Gasteiger charge is 2.40. The molecule has 0 aliphatic carbocycles. The minimum atomic E-state index is 0.173. The normalized spacial score (nSPS) is 20.0. The molecule has 1 aromatic rings. The van der Waals surface area contributed by atoms with Gasteiger partial charge in [-0.25, -0.2) is 0 Å². The number of aryl methyl sites for hydroxylation is 1. The van der Waals surface area contributed by atoms with Gasteiger partial charge in [-0.3, -0.25) is 0 Å². The van der Waals surface area contributed by atoms with E-state index in [-0.39, 0.29) is 5.41 Å². The summed E-state index contributed by atoms with van der Waals surface area (Å²) in [5, 5.41) is 9.02. The van der Waals surface area contributed by atoms with Gasteiger partial charge in [-0.2, -0.15) is 5.26 Å². The average Bonchev–Trinajstić information content (AvgIpc) is 2.88. The second kappa shape index (κ2) is 5.34. The second-order valence-corrected chi connectivity index (χ2v) is 5.93. The lowest BCUT2D eigenvalue weighted by atomic mass is 9.71. The van der Waals surface area contributed by atoms with Crippen LogP contribution in [-0.2, 0) is 11.2 Å². The van der Waals surface area contributed by atoms with E-state index in [1.54, 1.807) is 0 Å². The highest BCUT2D eigenvalue weighted by molar-refractivity contribution is 5.44. The number of rotatable bonds is 5. The largest absolute Gasteiger partial charge is 0.454 e. The Morgan fingerprint density at radius 2 is 2.10 bits per heavy atom. The summed E-state index contributed by atoms with van der Waals surface area (Å²) >= 11 is 0. The Balaban J connectivity index is 1.64. The van der Waals surface area contributed by atoms with Gasteiger partial charge in [0.2, 0.25) is 6.79 Å². The molecule has 2 heterocycles. The fourth-order valence-corrected chi connectivity index (χ4v) is 2.90. The molecular weight excluding hydrogens is 254 g/mol. The van der Waals surface area contributed by atoms with Crippen molar-refractivity contribution in [2.24, 2.45) is 11.3 Å². The maximum absolute atomic E-state index is 9.02. The van der Waals surface area contributed by atoms with Crippen molar-refractivity contribution in [1.82, 2.24) is 0 Å². The summed E-state index contributed by atoms with van der Waals surface area (Å²) in [5.41, 5.74) is 1.41. The number of ether oxygens (including phenoxy) is 3. The van der Waals surface area contributed by atoms with Crippen LogP contribution in [0.2, 0.25) is 0 Å². The van der Waals surface area contributed by atoms with E-state index in [2.05, 4.69) is 19.1 Å². The number of hydrogen-bond acceptors (Lipinski definition) is 4. The summed E-state index contributed by atoms with van der Waals surface area (Å²) in [6.45, 7) is 4.09. The van der Waals surface area contributed by atoms with Gasteiger partial charge in [0.05, 0.1) is 19.3 Å². The quantitative estimate of drug-likeness (QED) is 0.827. The van der Waals surface area contributed by atoms with Gasteiger partial charge in [-0.1, -0.05) is 13.0 Å². The van der Waals surface area contributed by atoms with Gasteiger partial charge in [-0.15, -0.1) is 0 Å². The van der Waals surface area contributed by atoms with Crippen LogP contribution in [0.4, 0.5) is 0 Å². The third kappa shape index (κ3) is 2.46. The zero-order valence-corrected chi connectivity index (χ0v) is 11.7. The van der Waals surface area contributed by atoms with E-state index < -0.39 is 0 Å². The standard InChI is InChI=1S/C16H19NO3/c1-16(9-18-10-16)13(6-7-17)4-2-12-3-5-14-15(8-12)20-11-19-14/h3,5,8,13H,2,4,6,9-11H2,1H3. The number of hydrogen-bond donors (Lipinski definition) is 0. The molecule has 106 valence electrons. The second-order valence-electron chi connectivity index (χ2n) is 5.93. The zero-order valence-electron chi connectivity index (χ0n) is 11.7. The summed E-state index contributed by atoms with van der Waals surface area (Å²) in [5.74, 6) is 2.05. The van der Waals surface area contributed by atoms with Gasteiger partial charge < -0.3 is 14.2 Å². The van der Waals surface area contributed by atoms with Gasteiger partial charge >= 0.3 is 0 Å². The van der Waals surface area contributed by atoms with E-state index in [1.165, 1.54) is 5.56 Å². The van der Waals surface area contributed by atoms with Gasteiger partial charge in [0.15, 0.2) is 11.5 Å². The number of benzene rings is 1. The molecule has 1 aromatic carbocycles. The molecule has 0 bridgehead atoms. The third-order valence-electron chi connectivity index (χ3n) is 4.41. The Hall–Kier alpha value is -1.73. The van der Waals surface area contributed by atoms with Crippen molar-refractivity contribution in [2.75, 3.05) is 20.0 Å². The van der Waals surface area contributed by atoms with Crippen LogP contribution in [0.3, 0.4) is 0 Å². The fraction of sp³-hybridized carbons (Fsp3) is 0.562. The Labute approximate surface area is 119 Å². The van der Waals surface area contributed by atoms with Gasteiger partial charge in [0, 0.05) is 11.8 Å². The van der Waals surface area contributed by atoms with Crippen molar-refractivity contribution in [3.05, 3.63) is 23.8 Å². The lowest BCUT2D eigenvalue weighted by Crippen LogP contribution is -2.46. The molecule has 0 radical (unpaired) electrons. The zero-order chi connectivity index (χ0) is 14.0. The molecule has 20 heavy (non-hydrogen) atoms. The van der Waals surface area contributed by atoms with Crippen LogP contribution < -0.4 is 9.47 Å². The summed E-state index contributed by atoms with van der Waals surface area (Å²) < 4.78 is 16.0. The molecule has 2 aliphatic rings. The molecular formula is C16H19NO3. The minimum absolute atomic E-state index is 0.173. The molecule has 0 N–H and O–H groups in total. The SMILES string of the molecule is CC1(C(CC#N)CCc2ccc3c(c2)OCO3)COC1. The van der Waals surface area contributed by atoms with Crippen LogP contribution in [0.5, 0.6) is 11.5 Å². The molecule has 2 aliphatic heterocycles. The molecule has 0 amide bonds. The lowest BCUT2D eigenvalue weighted by molar-refractivity contribution is -0.134. The van der Waals surface area contributed by atoms with Crippen LogP contribution in [0.1, 0.15) is 25.3 Å². The van der Waals surface area contributed by atoms with Crippen molar-refractivity contribution >= 4 is 0 Å². The van der Waals surface area contributed by atoms with Crippen LogP contribution in [0.25, 0.3) is 0 Å². The molecule has 4 heteroatoms. The topological polar surface area (TPSA) is 51.5 Å². The Morgan fingerprint density at radius 1 is 1.30 bits per heavy atom. The Bertz CT molecular complexity index is 531. The Morgan fingerprint density at radius 3 is 2.80 bits per heavy atom. The monoisotopic (exact) mass is 273 g/mol. The predicted molar refractivity (Wildman–Crippen MR) is 73.5 cm³/mol. The Kier molecular flexibility index (Phi) is 3.54. The molecule has 1 atom stereocenters. The van der Waals surface area contributed by atoms with Crippen LogP contribution >= 0.6 is 0 Å². The van der Waals surface area contributed by atoms with Gasteiger partial charge in [0.1, 0.15) is 0 Å². The van der Waals surface area contributed by atoms with Gasteiger partial charge in [-0.05, 0) is 36.5 Å². The fourth-order valence-electron chi connectivity index (χ4n) is 2.90. The van der Waals surface area contributed by atoms with Crippen molar-refractivity contribution < 1.29 is 14.2 Å². The number of fused-ring (bicyclic) bond motifs is 1. The van der Waals surface area contributed by atoms with Crippen molar-refractivity contribution in [1.29, 1.82) is 5.26 Å². The highest BCUT2D eigenvalue weighted by Crippen LogP contribution is 2.40. The molecule has 1 fully saturated rings. The number of nitrogens with zero attached hydrogens (tertiary/aromatic N) is 1. The highest BCUT2D eigenvalue weighted by atomic mass is 16.7. The van der Waals surface area contributed by atoms with E-state index in [0.717, 1.165) is 37.6 Å². The van der Waals surface area contributed by atoms with Crippen LogP contribution in [-0.4, -0.2) is 20.0 Å². The smallest absolute Gasteiger partial charge is 0.231 e. The minimum Gasteiger partial charge on any atom is -0.454 e. The summed E-state index contributed by atoms with van der Waals surface area (Å²) in [6, 6.07) is 8.41. The molecule has 0 aromatic heterocycles. The molecule has 1 unspecified atom stereocenters. The number of nitriles is 1. The summed E-state index contributed by atoms with van der Waals surface area (Å²) in [6.07, 6.45) is 2.57. The van der Waals surface area contributed by atoms with Crippen LogP contribution in [0.15, 0.2) is 18.2 Å². The first kappa shape index (κ1) is 13.3. The van der Waals surface area contributed by atoms with Crippen molar-refractivity contribution in [2.45, 2.75) is 26.2 Å². The van der Waals surface area contributed by atoms with E-state index in [1.807, 2.05) is 12.1 Å². The maximum atomic E-state index is 9.02. The first-order valence-corrected chi connectivity index (χ1v) is 7.04. The van der Waals surface area contributed by atoms with Crippen molar-refractivity contribution in [3.8, 4) is 17.6 Å². The maximum Gasteiger partial charge on any atom is 0.231 e. The van der Waals surface area contributed by atoms with E-state index in [0.29, 0.717) is 19.1 Å². The first-order chi connectivity index (χ1) is 9.71. The molecule has 0 spiro atoms. The lowest BCUT2D eigenvalue weighted by Gasteiger charge is -2.44. The molecule has 0 saturated carbocycles.